The van der Waals surface area contributed by atoms with E-state index in [9.17, 15) is 13.2 Å². The van der Waals surface area contributed by atoms with E-state index in [-0.39, 0.29) is 11.8 Å². The predicted octanol–water partition coefficient (Wildman–Crippen LogP) is 4.26. The van der Waals surface area contributed by atoms with Crippen molar-refractivity contribution >= 4 is 11.3 Å². The minimum absolute atomic E-state index is 0.155. The van der Waals surface area contributed by atoms with E-state index >= 15 is 0 Å². The van der Waals surface area contributed by atoms with Crippen LogP contribution in [0.4, 0.5) is 13.2 Å². The second-order valence-corrected chi connectivity index (χ2v) is 5.10. The number of ether oxygens (including phenoxy) is 1. The quantitative estimate of drug-likeness (QED) is 0.911. The SMILES string of the molecule is CNC(c1cccc(OC(F)(F)F)c1)c1cscc1C. The Bertz CT molecular complexity index is 580. The van der Waals surface area contributed by atoms with Crippen LogP contribution in [0.5, 0.6) is 5.75 Å². The average molecular weight is 301 g/mol. The van der Waals surface area contributed by atoms with E-state index in [1.165, 1.54) is 12.1 Å². The van der Waals surface area contributed by atoms with Gasteiger partial charge in [0, 0.05) is 0 Å². The zero-order chi connectivity index (χ0) is 14.8. The van der Waals surface area contributed by atoms with E-state index in [4.69, 9.17) is 0 Å². The molecule has 1 heterocycles. The summed E-state index contributed by atoms with van der Waals surface area (Å²) in [6.45, 7) is 1.98. The monoisotopic (exact) mass is 301 g/mol. The van der Waals surface area contributed by atoms with Crippen LogP contribution < -0.4 is 10.1 Å². The van der Waals surface area contributed by atoms with Gasteiger partial charge in [0.25, 0.3) is 0 Å². The van der Waals surface area contributed by atoms with E-state index < -0.39 is 6.36 Å². The Balaban J connectivity index is 2.32. The molecular formula is C14H14F3NOS. The van der Waals surface area contributed by atoms with Crippen molar-refractivity contribution in [3.8, 4) is 5.75 Å². The van der Waals surface area contributed by atoms with Gasteiger partial charge in [-0.25, -0.2) is 0 Å². The molecule has 0 fully saturated rings. The lowest BCUT2D eigenvalue weighted by atomic mass is 9.98. The maximum absolute atomic E-state index is 12.3. The number of hydrogen-bond donors (Lipinski definition) is 1. The molecule has 0 radical (unpaired) electrons. The molecule has 0 spiro atoms. The first kappa shape index (κ1) is 14.9. The van der Waals surface area contributed by atoms with Crippen molar-refractivity contribution < 1.29 is 17.9 Å². The van der Waals surface area contributed by atoms with Crippen molar-refractivity contribution in [2.45, 2.75) is 19.3 Å². The fraction of sp³-hybridized carbons (Fsp3) is 0.286. The zero-order valence-electron chi connectivity index (χ0n) is 11.0. The summed E-state index contributed by atoms with van der Waals surface area (Å²) in [5.74, 6) is -0.205. The van der Waals surface area contributed by atoms with E-state index in [0.717, 1.165) is 16.7 Å². The first-order chi connectivity index (χ1) is 9.40. The molecule has 0 amide bonds. The highest BCUT2D eigenvalue weighted by molar-refractivity contribution is 7.08. The number of rotatable bonds is 4. The normalized spacial score (nSPS) is 13.2. The van der Waals surface area contributed by atoms with Crippen LogP contribution in [0.2, 0.25) is 0 Å². The number of nitrogens with one attached hydrogen (secondary N) is 1. The van der Waals surface area contributed by atoms with Crippen molar-refractivity contribution in [2.75, 3.05) is 7.05 Å². The molecule has 2 nitrogen and oxygen atoms in total. The van der Waals surface area contributed by atoms with E-state index in [1.807, 2.05) is 17.7 Å². The number of benzene rings is 1. The molecule has 0 saturated heterocycles. The average Bonchev–Trinajstić information content (AvgIpc) is 2.75. The summed E-state index contributed by atoms with van der Waals surface area (Å²) in [5.41, 5.74) is 2.90. The van der Waals surface area contributed by atoms with Crippen LogP contribution >= 0.6 is 11.3 Å². The lowest BCUT2D eigenvalue weighted by Crippen LogP contribution is -2.19. The maximum Gasteiger partial charge on any atom is 0.573 e. The van der Waals surface area contributed by atoms with Gasteiger partial charge in [0.1, 0.15) is 5.75 Å². The van der Waals surface area contributed by atoms with Gasteiger partial charge in [0.15, 0.2) is 0 Å². The zero-order valence-corrected chi connectivity index (χ0v) is 11.8. The molecule has 0 aliphatic rings. The standard InChI is InChI=1S/C14H14F3NOS/c1-9-7-20-8-12(9)13(18-2)10-4-3-5-11(6-10)19-14(15,16)17/h3-8,13,18H,1-2H3. The first-order valence-corrected chi connectivity index (χ1v) is 6.90. The van der Waals surface area contributed by atoms with Gasteiger partial charge in [-0.1, -0.05) is 12.1 Å². The number of hydrogen-bond acceptors (Lipinski definition) is 3. The summed E-state index contributed by atoms with van der Waals surface area (Å²) in [4.78, 5) is 0. The van der Waals surface area contributed by atoms with Crippen molar-refractivity contribution in [3.63, 3.8) is 0 Å². The summed E-state index contributed by atoms with van der Waals surface area (Å²) in [7, 11) is 1.78. The largest absolute Gasteiger partial charge is 0.573 e. The van der Waals surface area contributed by atoms with Crippen LogP contribution in [0.15, 0.2) is 35.0 Å². The summed E-state index contributed by atoms with van der Waals surface area (Å²) in [6, 6.07) is 5.89. The molecular weight excluding hydrogens is 287 g/mol. The van der Waals surface area contributed by atoms with Gasteiger partial charge in [-0.2, -0.15) is 11.3 Å². The summed E-state index contributed by atoms with van der Waals surface area (Å²) in [6.07, 6.45) is -4.67. The Hall–Kier alpha value is -1.53. The molecule has 2 rings (SSSR count). The van der Waals surface area contributed by atoms with E-state index in [1.54, 1.807) is 30.5 Å². The molecule has 2 aromatic rings. The third-order valence-corrected chi connectivity index (χ3v) is 3.80. The number of aryl methyl sites for hydroxylation is 1. The van der Waals surface area contributed by atoms with Gasteiger partial charge in [-0.15, -0.1) is 13.2 Å². The van der Waals surface area contributed by atoms with Crippen molar-refractivity contribution in [1.29, 1.82) is 0 Å². The minimum Gasteiger partial charge on any atom is -0.406 e. The topological polar surface area (TPSA) is 21.3 Å². The van der Waals surface area contributed by atoms with Crippen LogP contribution in [0.3, 0.4) is 0 Å². The fourth-order valence-electron chi connectivity index (χ4n) is 2.06. The molecule has 0 saturated carbocycles. The predicted molar refractivity (Wildman–Crippen MR) is 73.1 cm³/mol. The molecule has 1 unspecified atom stereocenters. The Morgan fingerprint density at radius 2 is 2.00 bits per heavy atom. The van der Waals surface area contributed by atoms with Gasteiger partial charge in [0.2, 0.25) is 0 Å². The summed E-state index contributed by atoms with van der Waals surface area (Å²) in [5, 5.41) is 7.12. The molecule has 108 valence electrons. The van der Waals surface area contributed by atoms with Gasteiger partial charge >= 0.3 is 6.36 Å². The molecule has 0 aliphatic heterocycles. The van der Waals surface area contributed by atoms with Crippen LogP contribution in [-0.4, -0.2) is 13.4 Å². The molecule has 0 bridgehead atoms. The second-order valence-electron chi connectivity index (χ2n) is 4.35. The molecule has 20 heavy (non-hydrogen) atoms. The fourth-order valence-corrected chi connectivity index (χ4v) is 2.94. The summed E-state index contributed by atoms with van der Waals surface area (Å²) < 4.78 is 40.7. The molecule has 1 atom stereocenters. The highest BCUT2D eigenvalue weighted by atomic mass is 32.1. The summed E-state index contributed by atoms with van der Waals surface area (Å²) >= 11 is 1.57. The highest BCUT2D eigenvalue weighted by Crippen LogP contribution is 2.30. The van der Waals surface area contributed by atoms with Gasteiger partial charge in [-0.3, -0.25) is 0 Å². The minimum atomic E-state index is -4.67. The van der Waals surface area contributed by atoms with Crippen LogP contribution in [0.1, 0.15) is 22.7 Å². The first-order valence-electron chi connectivity index (χ1n) is 5.96. The molecule has 1 aromatic heterocycles. The smallest absolute Gasteiger partial charge is 0.406 e. The number of halogens is 3. The molecule has 0 aliphatic carbocycles. The third-order valence-electron chi connectivity index (χ3n) is 2.92. The van der Waals surface area contributed by atoms with Crippen LogP contribution in [-0.2, 0) is 0 Å². The van der Waals surface area contributed by atoms with Crippen LogP contribution in [0.25, 0.3) is 0 Å². The van der Waals surface area contributed by atoms with Crippen molar-refractivity contribution in [3.05, 3.63) is 51.7 Å². The Kier molecular flexibility index (Phi) is 4.35. The molecule has 6 heteroatoms. The Morgan fingerprint density at radius 3 is 2.55 bits per heavy atom. The second kappa shape index (κ2) is 5.85. The molecule has 1 N–H and O–H groups in total. The maximum atomic E-state index is 12.3. The number of thiophene rings is 1. The molecule has 1 aromatic carbocycles. The lowest BCUT2D eigenvalue weighted by Gasteiger charge is -2.18. The van der Waals surface area contributed by atoms with Crippen molar-refractivity contribution in [1.82, 2.24) is 5.32 Å². The van der Waals surface area contributed by atoms with Gasteiger partial charge < -0.3 is 10.1 Å². The van der Waals surface area contributed by atoms with Gasteiger partial charge in [-0.05, 0) is 53.6 Å². The highest BCUT2D eigenvalue weighted by Gasteiger charge is 2.31. The van der Waals surface area contributed by atoms with E-state index in [0.29, 0.717) is 0 Å². The Labute approximate surface area is 119 Å². The van der Waals surface area contributed by atoms with Gasteiger partial charge in [0.05, 0.1) is 6.04 Å². The van der Waals surface area contributed by atoms with Crippen LogP contribution in [0, 0.1) is 6.92 Å². The van der Waals surface area contributed by atoms with E-state index in [2.05, 4.69) is 10.1 Å². The third kappa shape index (κ3) is 3.52. The Morgan fingerprint density at radius 1 is 1.25 bits per heavy atom. The number of alkyl halides is 3. The van der Waals surface area contributed by atoms with Crippen molar-refractivity contribution in [2.24, 2.45) is 0 Å². The lowest BCUT2D eigenvalue weighted by molar-refractivity contribution is -0.274.